The van der Waals surface area contributed by atoms with E-state index in [0.29, 0.717) is 17.1 Å². The maximum absolute atomic E-state index is 12.1. The molecular weight excluding hydrogens is 278 g/mol. The van der Waals surface area contributed by atoms with Gasteiger partial charge < -0.3 is 10.1 Å². The van der Waals surface area contributed by atoms with Crippen LogP contribution in [0.1, 0.15) is 29.5 Å². The summed E-state index contributed by atoms with van der Waals surface area (Å²) in [5.74, 6) is 1.78. The largest absolute Gasteiger partial charge is 0.481 e. The van der Waals surface area contributed by atoms with E-state index >= 15 is 0 Å². The number of rotatable bonds is 4. The number of nitrogens with zero attached hydrogens (tertiary/aromatic N) is 2. The molecule has 1 unspecified atom stereocenters. The molecule has 0 amide bonds. The summed E-state index contributed by atoms with van der Waals surface area (Å²) >= 11 is 1.85. The number of aromatic nitrogens is 2. The van der Waals surface area contributed by atoms with Gasteiger partial charge in [0, 0.05) is 35.7 Å². The Kier molecular flexibility index (Phi) is 4.82. The van der Waals surface area contributed by atoms with Crippen molar-refractivity contribution in [3.63, 3.8) is 0 Å². The minimum absolute atomic E-state index is 0.0515. The molecule has 1 aromatic heterocycles. The summed E-state index contributed by atoms with van der Waals surface area (Å²) in [6.07, 6.45) is 0.170. The Labute approximate surface area is 121 Å². The fourth-order valence-electron chi connectivity index (χ4n) is 2.29. The van der Waals surface area contributed by atoms with E-state index in [0.717, 1.165) is 18.1 Å². The zero-order chi connectivity index (χ0) is 14.7. The average molecular weight is 297 g/mol. The Bertz CT molecular complexity index is 558. The van der Waals surface area contributed by atoms with Gasteiger partial charge in [-0.25, -0.2) is 4.98 Å². The Balaban J connectivity index is 2.25. The van der Waals surface area contributed by atoms with Crippen molar-refractivity contribution in [2.75, 3.05) is 25.1 Å². The number of hydrogen-bond donors (Lipinski definition) is 2. The van der Waals surface area contributed by atoms with Crippen molar-refractivity contribution in [3.8, 4) is 0 Å². The third-order valence-corrected chi connectivity index (χ3v) is 4.56. The molecule has 0 saturated carbocycles. The standard InChI is InChI=1S/C13H19N3O3S/c1-8-9(3-4-11(17)18)13(19)15-12(14-8)10-7-20-6-5-16(10)2/h10H,3-7H2,1-2H3,(H,17,18)(H,14,15,19). The van der Waals surface area contributed by atoms with Crippen molar-refractivity contribution >= 4 is 17.7 Å². The van der Waals surface area contributed by atoms with Crippen molar-refractivity contribution in [1.29, 1.82) is 0 Å². The molecule has 0 aromatic carbocycles. The fourth-order valence-corrected chi connectivity index (χ4v) is 3.51. The predicted molar refractivity (Wildman–Crippen MR) is 78.2 cm³/mol. The van der Waals surface area contributed by atoms with Gasteiger partial charge in [0.25, 0.3) is 5.56 Å². The van der Waals surface area contributed by atoms with Crippen molar-refractivity contribution in [1.82, 2.24) is 14.9 Å². The molecule has 0 spiro atoms. The van der Waals surface area contributed by atoms with Crippen LogP contribution in [0.3, 0.4) is 0 Å². The number of H-pyrrole nitrogens is 1. The predicted octanol–water partition coefficient (Wildman–Crippen LogP) is 0.815. The van der Waals surface area contributed by atoms with Crippen LogP contribution in [0.4, 0.5) is 0 Å². The van der Waals surface area contributed by atoms with E-state index in [1.54, 1.807) is 6.92 Å². The van der Waals surface area contributed by atoms with Crippen molar-refractivity contribution in [2.45, 2.75) is 25.8 Å². The minimum atomic E-state index is -0.906. The van der Waals surface area contributed by atoms with Crippen LogP contribution in [-0.2, 0) is 11.2 Å². The van der Waals surface area contributed by atoms with Crippen LogP contribution in [0.2, 0.25) is 0 Å². The molecule has 6 nitrogen and oxygen atoms in total. The van der Waals surface area contributed by atoms with Gasteiger partial charge in [0.1, 0.15) is 5.82 Å². The molecule has 1 saturated heterocycles. The highest BCUT2D eigenvalue weighted by Crippen LogP contribution is 2.25. The van der Waals surface area contributed by atoms with Crippen LogP contribution >= 0.6 is 11.8 Å². The molecule has 1 atom stereocenters. The first-order valence-electron chi connectivity index (χ1n) is 6.58. The fraction of sp³-hybridized carbons (Fsp3) is 0.615. The quantitative estimate of drug-likeness (QED) is 0.855. The van der Waals surface area contributed by atoms with Gasteiger partial charge in [-0.05, 0) is 20.4 Å². The monoisotopic (exact) mass is 297 g/mol. The molecule has 2 heterocycles. The lowest BCUT2D eigenvalue weighted by Gasteiger charge is -2.31. The molecule has 0 radical (unpaired) electrons. The van der Waals surface area contributed by atoms with E-state index in [4.69, 9.17) is 5.11 Å². The smallest absolute Gasteiger partial charge is 0.303 e. The van der Waals surface area contributed by atoms with E-state index in [1.807, 2.05) is 18.8 Å². The number of aliphatic carboxylic acids is 1. The molecule has 1 aliphatic rings. The van der Waals surface area contributed by atoms with Gasteiger partial charge in [0.2, 0.25) is 0 Å². The SMILES string of the molecule is Cc1nc(C2CSCCN2C)[nH]c(=O)c1CCC(=O)O. The highest BCUT2D eigenvalue weighted by Gasteiger charge is 2.24. The average Bonchev–Trinajstić information content (AvgIpc) is 2.37. The first-order valence-corrected chi connectivity index (χ1v) is 7.74. The third kappa shape index (κ3) is 3.40. The number of aryl methyl sites for hydroxylation is 1. The summed E-state index contributed by atoms with van der Waals surface area (Å²) < 4.78 is 0. The zero-order valence-electron chi connectivity index (χ0n) is 11.7. The van der Waals surface area contributed by atoms with Gasteiger partial charge in [0.15, 0.2) is 0 Å². The summed E-state index contributed by atoms with van der Waals surface area (Å²) in [4.78, 5) is 32.2. The van der Waals surface area contributed by atoms with Crippen molar-refractivity contribution < 1.29 is 9.90 Å². The van der Waals surface area contributed by atoms with Crippen LogP contribution in [0.15, 0.2) is 4.79 Å². The number of carbonyl (C=O) groups is 1. The molecule has 1 fully saturated rings. The summed E-state index contributed by atoms with van der Waals surface area (Å²) in [5.41, 5.74) is 0.897. The lowest BCUT2D eigenvalue weighted by atomic mass is 10.1. The number of carboxylic acids is 1. The molecule has 110 valence electrons. The summed E-state index contributed by atoms with van der Waals surface area (Å²) in [7, 11) is 2.03. The second-order valence-corrected chi connectivity index (χ2v) is 6.13. The maximum Gasteiger partial charge on any atom is 0.303 e. The number of carboxylic acid groups (broad SMARTS) is 1. The Morgan fingerprint density at radius 1 is 1.60 bits per heavy atom. The van der Waals surface area contributed by atoms with Gasteiger partial charge in [-0.3, -0.25) is 14.5 Å². The number of aromatic amines is 1. The maximum atomic E-state index is 12.1. The van der Waals surface area contributed by atoms with Crippen LogP contribution < -0.4 is 5.56 Å². The normalized spacial score (nSPS) is 20.0. The first-order chi connectivity index (χ1) is 9.49. The molecule has 0 bridgehead atoms. The molecule has 2 rings (SSSR count). The van der Waals surface area contributed by atoms with E-state index in [2.05, 4.69) is 14.9 Å². The number of nitrogens with one attached hydrogen (secondary N) is 1. The van der Waals surface area contributed by atoms with Crippen LogP contribution in [-0.4, -0.2) is 51.0 Å². The topological polar surface area (TPSA) is 86.3 Å². The van der Waals surface area contributed by atoms with Gasteiger partial charge >= 0.3 is 5.97 Å². The lowest BCUT2D eigenvalue weighted by Crippen LogP contribution is -2.35. The Hall–Kier alpha value is -1.34. The van der Waals surface area contributed by atoms with Gasteiger partial charge in [-0.1, -0.05) is 0 Å². The molecule has 1 aromatic rings. The molecule has 7 heteroatoms. The van der Waals surface area contributed by atoms with Crippen LogP contribution in [0.25, 0.3) is 0 Å². The summed E-state index contributed by atoms with van der Waals surface area (Å²) in [5, 5.41) is 8.71. The van der Waals surface area contributed by atoms with Gasteiger partial charge in [0.05, 0.1) is 6.04 Å². The highest BCUT2D eigenvalue weighted by molar-refractivity contribution is 7.99. The first kappa shape index (κ1) is 15.1. The van der Waals surface area contributed by atoms with Crippen molar-refractivity contribution in [3.05, 3.63) is 27.4 Å². The summed E-state index contributed by atoms with van der Waals surface area (Å²) in [6, 6.07) is 0.119. The molecule has 0 aliphatic carbocycles. The second kappa shape index (κ2) is 6.41. The van der Waals surface area contributed by atoms with E-state index in [-0.39, 0.29) is 24.4 Å². The summed E-state index contributed by atoms with van der Waals surface area (Å²) in [6.45, 7) is 2.74. The number of thioether (sulfide) groups is 1. The van der Waals surface area contributed by atoms with E-state index in [1.165, 1.54) is 0 Å². The lowest BCUT2D eigenvalue weighted by molar-refractivity contribution is -0.136. The highest BCUT2D eigenvalue weighted by atomic mass is 32.2. The Morgan fingerprint density at radius 3 is 2.95 bits per heavy atom. The van der Waals surface area contributed by atoms with Crippen LogP contribution in [0.5, 0.6) is 0 Å². The molecular formula is C13H19N3O3S. The Morgan fingerprint density at radius 2 is 2.35 bits per heavy atom. The second-order valence-electron chi connectivity index (χ2n) is 4.98. The zero-order valence-corrected chi connectivity index (χ0v) is 12.5. The van der Waals surface area contributed by atoms with Crippen molar-refractivity contribution in [2.24, 2.45) is 0 Å². The van der Waals surface area contributed by atoms with Crippen LogP contribution in [0, 0.1) is 6.92 Å². The molecule has 2 N–H and O–H groups in total. The number of hydrogen-bond acceptors (Lipinski definition) is 5. The third-order valence-electron chi connectivity index (χ3n) is 3.54. The minimum Gasteiger partial charge on any atom is -0.481 e. The van der Waals surface area contributed by atoms with E-state index in [9.17, 15) is 9.59 Å². The molecule has 1 aliphatic heterocycles. The molecule has 20 heavy (non-hydrogen) atoms. The van der Waals surface area contributed by atoms with Gasteiger partial charge in [-0.15, -0.1) is 0 Å². The van der Waals surface area contributed by atoms with Gasteiger partial charge in [-0.2, -0.15) is 11.8 Å². The van der Waals surface area contributed by atoms with E-state index < -0.39 is 5.97 Å².